The zero-order chi connectivity index (χ0) is 11.3. The maximum absolute atomic E-state index is 11.8. The standard InChI is InChI=1S/C10H11F3OS/c1-14-9-4-2-8(3-5-9)6-7-15-10(11,12)13/h2-5H,6-7H2,1H3. The lowest BCUT2D eigenvalue weighted by Gasteiger charge is -2.05. The van der Waals surface area contributed by atoms with E-state index < -0.39 is 5.51 Å². The van der Waals surface area contributed by atoms with Crippen molar-refractivity contribution in [3.8, 4) is 5.75 Å². The van der Waals surface area contributed by atoms with E-state index in [2.05, 4.69) is 0 Å². The third kappa shape index (κ3) is 4.97. The van der Waals surface area contributed by atoms with E-state index in [4.69, 9.17) is 4.74 Å². The van der Waals surface area contributed by atoms with Crippen LogP contribution in [0.25, 0.3) is 0 Å². The molecule has 0 amide bonds. The monoisotopic (exact) mass is 236 g/mol. The van der Waals surface area contributed by atoms with Gasteiger partial charge in [-0.15, -0.1) is 0 Å². The van der Waals surface area contributed by atoms with Gasteiger partial charge in [0.15, 0.2) is 0 Å². The molecule has 0 saturated carbocycles. The molecule has 1 nitrogen and oxygen atoms in total. The van der Waals surface area contributed by atoms with E-state index in [1.165, 1.54) is 0 Å². The summed E-state index contributed by atoms with van der Waals surface area (Å²) in [6.45, 7) is 0. The van der Waals surface area contributed by atoms with Gasteiger partial charge in [-0.3, -0.25) is 0 Å². The van der Waals surface area contributed by atoms with Gasteiger partial charge in [0.25, 0.3) is 0 Å². The van der Waals surface area contributed by atoms with Crippen molar-refractivity contribution in [1.29, 1.82) is 0 Å². The SMILES string of the molecule is COc1ccc(CCSC(F)(F)F)cc1. The van der Waals surface area contributed by atoms with Crippen molar-refractivity contribution in [1.82, 2.24) is 0 Å². The number of ether oxygens (including phenoxy) is 1. The Hall–Kier alpha value is -0.840. The van der Waals surface area contributed by atoms with Crippen LogP contribution in [0.4, 0.5) is 13.2 Å². The number of hydrogen-bond donors (Lipinski definition) is 0. The van der Waals surface area contributed by atoms with E-state index in [1.807, 2.05) is 0 Å². The second kappa shape index (κ2) is 5.30. The Labute approximate surface area is 90.6 Å². The summed E-state index contributed by atoms with van der Waals surface area (Å²) in [4.78, 5) is 0. The van der Waals surface area contributed by atoms with E-state index in [-0.39, 0.29) is 17.5 Å². The maximum atomic E-state index is 11.8. The predicted molar refractivity (Wildman–Crippen MR) is 55.2 cm³/mol. The van der Waals surface area contributed by atoms with Gasteiger partial charge in [0.05, 0.1) is 7.11 Å². The number of thioether (sulfide) groups is 1. The average Bonchev–Trinajstić information content (AvgIpc) is 2.17. The molecule has 0 aliphatic heterocycles. The normalized spacial score (nSPS) is 11.5. The Balaban J connectivity index is 2.38. The third-order valence-corrected chi connectivity index (χ3v) is 2.55. The highest BCUT2D eigenvalue weighted by molar-refractivity contribution is 8.00. The second-order valence-corrected chi connectivity index (χ2v) is 4.05. The fourth-order valence-corrected chi connectivity index (χ4v) is 1.65. The highest BCUT2D eigenvalue weighted by Gasteiger charge is 2.27. The molecule has 0 fully saturated rings. The van der Waals surface area contributed by atoms with Crippen molar-refractivity contribution in [2.24, 2.45) is 0 Å². The molecule has 0 unspecified atom stereocenters. The number of hydrogen-bond acceptors (Lipinski definition) is 2. The van der Waals surface area contributed by atoms with Crippen molar-refractivity contribution in [2.45, 2.75) is 11.9 Å². The topological polar surface area (TPSA) is 9.23 Å². The maximum Gasteiger partial charge on any atom is 0.441 e. The lowest BCUT2D eigenvalue weighted by Crippen LogP contribution is -2.02. The molecule has 0 spiro atoms. The molecule has 84 valence electrons. The number of aryl methyl sites for hydroxylation is 1. The molecule has 5 heteroatoms. The Morgan fingerprint density at radius 3 is 2.27 bits per heavy atom. The highest BCUT2D eigenvalue weighted by atomic mass is 32.2. The van der Waals surface area contributed by atoms with Crippen molar-refractivity contribution in [3.05, 3.63) is 29.8 Å². The number of benzene rings is 1. The molecule has 0 saturated heterocycles. The molecular formula is C10H11F3OS. The zero-order valence-electron chi connectivity index (χ0n) is 8.17. The second-order valence-electron chi connectivity index (χ2n) is 2.89. The summed E-state index contributed by atoms with van der Waals surface area (Å²) < 4.78 is 40.4. The van der Waals surface area contributed by atoms with Gasteiger partial charge >= 0.3 is 5.51 Å². The van der Waals surface area contributed by atoms with Crippen LogP contribution in [0.3, 0.4) is 0 Å². The first kappa shape index (κ1) is 12.2. The van der Waals surface area contributed by atoms with Gasteiger partial charge in [0.2, 0.25) is 0 Å². The smallest absolute Gasteiger partial charge is 0.441 e. The molecule has 0 bridgehead atoms. The van der Waals surface area contributed by atoms with Gasteiger partial charge in [-0.25, -0.2) is 0 Å². The van der Waals surface area contributed by atoms with Gasteiger partial charge in [-0.2, -0.15) is 13.2 Å². The predicted octanol–water partition coefficient (Wildman–Crippen LogP) is 3.49. The van der Waals surface area contributed by atoms with Crippen molar-refractivity contribution >= 4 is 11.8 Å². The third-order valence-electron chi connectivity index (χ3n) is 1.82. The lowest BCUT2D eigenvalue weighted by molar-refractivity contribution is -0.0327. The van der Waals surface area contributed by atoms with E-state index in [9.17, 15) is 13.2 Å². The Morgan fingerprint density at radius 2 is 1.80 bits per heavy atom. The fourth-order valence-electron chi connectivity index (χ4n) is 1.08. The van der Waals surface area contributed by atoms with Gasteiger partial charge in [0, 0.05) is 5.75 Å². The summed E-state index contributed by atoms with van der Waals surface area (Å²) >= 11 is 0.00711. The van der Waals surface area contributed by atoms with Crippen LogP contribution < -0.4 is 4.74 Å². The van der Waals surface area contributed by atoms with Gasteiger partial charge in [-0.1, -0.05) is 23.9 Å². The molecule has 1 rings (SSSR count). The van der Waals surface area contributed by atoms with Crippen LogP contribution in [-0.2, 0) is 6.42 Å². The van der Waals surface area contributed by atoms with E-state index >= 15 is 0 Å². The summed E-state index contributed by atoms with van der Waals surface area (Å²) in [5.41, 5.74) is -3.25. The lowest BCUT2D eigenvalue weighted by atomic mass is 10.2. The first-order valence-corrected chi connectivity index (χ1v) is 5.33. The summed E-state index contributed by atoms with van der Waals surface area (Å²) in [6.07, 6.45) is 0.411. The van der Waals surface area contributed by atoms with Crippen LogP contribution in [-0.4, -0.2) is 18.4 Å². The molecule has 1 aromatic rings. The number of alkyl halides is 3. The van der Waals surface area contributed by atoms with Crippen molar-refractivity contribution < 1.29 is 17.9 Å². The number of halogens is 3. The summed E-state index contributed by atoms with van der Waals surface area (Å²) in [7, 11) is 1.55. The van der Waals surface area contributed by atoms with Gasteiger partial charge < -0.3 is 4.74 Å². The van der Waals surface area contributed by atoms with Crippen LogP contribution in [0.2, 0.25) is 0 Å². The van der Waals surface area contributed by atoms with Crippen LogP contribution >= 0.6 is 11.8 Å². The van der Waals surface area contributed by atoms with Crippen LogP contribution in [0.5, 0.6) is 5.75 Å². The Morgan fingerprint density at radius 1 is 1.20 bits per heavy atom. The minimum absolute atomic E-state index is 0.00711. The molecule has 15 heavy (non-hydrogen) atoms. The first-order valence-electron chi connectivity index (χ1n) is 4.35. The van der Waals surface area contributed by atoms with Gasteiger partial charge in [0.1, 0.15) is 5.75 Å². The molecule has 0 heterocycles. The Kier molecular flexibility index (Phi) is 4.32. The summed E-state index contributed by atoms with van der Waals surface area (Å²) in [5, 5.41) is 0. The van der Waals surface area contributed by atoms with E-state index in [0.717, 1.165) is 5.56 Å². The molecule has 0 radical (unpaired) electrons. The molecule has 0 atom stereocenters. The molecule has 1 aromatic carbocycles. The minimum Gasteiger partial charge on any atom is -0.497 e. The Bertz CT molecular complexity index is 295. The molecule has 0 aliphatic rings. The van der Waals surface area contributed by atoms with E-state index in [0.29, 0.717) is 12.2 Å². The number of methoxy groups -OCH3 is 1. The summed E-state index contributed by atoms with van der Waals surface area (Å²) in [5.74, 6) is 0.762. The fraction of sp³-hybridized carbons (Fsp3) is 0.400. The van der Waals surface area contributed by atoms with Crippen LogP contribution in [0, 0.1) is 0 Å². The summed E-state index contributed by atoms with van der Waals surface area (Å²) in [6, 6.07) is 7.03. The van der Waals surface area contributed by atoms with Gasteiger partial charge in [-0.05, 0) is 24.1 Å². The van der Waals surface area contributed by atoms with E-state index in [1.54, 1.807) is 31.4 Å². The average molecular weight is 236 g/mol. The van der Waals surface area contributed by atoms with Crippen molar-refractivity contribution in [3.63, 3.8) is 0 Å². The molecule has 0 aromatic heterocycles. The largest absolute Gasteiger partial charge is 0.497 e. The quantitative estimate of drug-likeness (QED) is 0.791. The van der Waals surface area contributed by atoms with Crippen molar-refractivity contribution in [2.75, 3.05) is 12.9 Å². The molecular weight excluding hydrogens is 225 g/mol. The zero-order valence-corrected chi connectivity index (χ0v) is 8.99. The number of rotatable bonds is 4. The molecule has 0 N–H and O–H groups in total. The highest BCUT2D eigenvalue weighted by Crippen LogP contribution is 2.30. The van der Waals surface area contributed by atoms with Crippen LogP contribution in [0.15, 0.2) is 24.3 Å². The van der Waals surface area contributed by atoms with Crippen LogP contribution in [0.1, 0.15) is 5.56 Å². The molecule has 0 aliphatic carbocycles. The minimum atomic E-state index is -4.13. The first-order chi connectivity index (χ1) is 7.01.